The quantitative estimate of drug-likeness (QED) is 0.681. The smallest absolute Gasteiger partial charge is 0.272 e. The summed E-state index contributed by atoms with van der Waals surface area (Å²) in [4.78, 5) is 15.9. The maximum absolute atomic E-state index is 10.8. The minimum absolute atomic E-state index is 0.0829. The molecule has 0 aliphatic rings. The predicted molar refractivity (Wildman–Crippen MR) is 76.7 cm³/mol. The van der Waals surface area contributed by atoms with E-state index in [9.17, 15) is 10.1 Å². The molecule has 1 atom stereocenters. The van der Waals surface area contributed by atoms with Gasteiger partial charge in [-0.05, 0) is 32.9 Å². The van der Waals surface area contributed by atoms with E-state index >= 15 is 0 Å². The van der Waals surface area contributed by atoms with Gasteiger partial charge in [-0.3, -0.25) is 10.1 Å². The number of nitro benzene ring substituents is 1. The number of aryl methyl sites for hydroxylation is 2. The number of nitrogens with one attached hydrogen (secondary N) is 1. The molecule has 1 heterocycles. The Balaban J connectivity index is 2.15. The Hall–Kier alpha value is -1.95. The summed E-state index contributed by atoms with van der Waals surface area (Å²) in [5, 5.41) is 15.1. The zero-order valence-electron chi connectivity index (χ0n) is 11.0. The maximum Gasteiger partial charge on any atom is 0.272 e. The molecule has 0 bridgehead atoms. The van der Waals surface area contributed by atoms with Crippen molar-refractivity contribution in [3.05, 3.63) is 50.0 Å². The number of hydrogen-bond donors (Lipinski definition) is 1. The molecule has 1 unspecified atom stereocenters. The van der Waals surface area contributed by atoms with Crippen LogP contribution in [0, 0.1) is 24.0 Å². The van der Waals surface area contributed by atoms with Gasteiger partial charge in [0.25, 0.3) is 5.69 Å². The third kappa shape index (κ3) is 3.08. The fraction of sp³-hybridized carbons (Fsp3) is 0.308. The van der Waals surface area contributed by atoms with Gasteiger partial charge in [0.15, 0.2) is 0 Å². The van der Waals surface area contributed by atoms with E-state index < -0.39 is 0 Å². The van der Waals surface area contributed by atoms with Crippen LogP contribution in [0.2, 0.25) is 0 Å². The number of nitro groups is 1. The van der Waals surface area contributed by atoms with Crippen molar-refractivity contribution in [3.63, 3.8) is 0 Å². The van der Waals surface area contributed by atoms with Gasteiger partial charge in [0, 0.05) is 28.4 Å². The second-order valence-corrected chi connectivity index (χ2v) is 5.70. The third-order valence-corrected chi connectivity index (χ3v) is 3.88. The lowest BCUT2D eigenvalue weighted by molar-refractivity contribution is -0.385. The third-order valence-electron chi connectivity index (χ3n) is 2.79. The van der Waals surface area contributed by atoms with E-state index in [0.717, 1.165) is 10.7 Å². The highest BCUT2D eigenvalue weighted by molar-refractivity contribution is 7.11. The summed E-state index contributed by atoms with van der Waals surface area (Å²) in [5.74, 6) is 0. The summed E-state index contributed by atoms with van der Waals surface area (Å²) < 4.78 is 0. The van der Waals surface area contributed by atoms with Crippen LogP contribution in [0.4, 0.5) is 11.4 Å². The van der Waals surface area contributed by atoms with Crippen molar-refractivity contribution < 1.29 is 4.92 Å². The van der Waals surface area contributed by atoms with Gasteiger partial charge in [0.1, 0.15) is 5.01 Å². The topological polar surface area (TPSA) is 68.1 Å². The lowest BCUT2D eigenvalue weighted by Gasteiger charge is -2.13. The van der Waals surface area contributed by atoms with Gasteiger partial charge in [-0.25, -0.2) is 4.98 Å². The van der Waals surface area contributed by atoms with Crippen molar-refractivity contribution in [2.45, 2.75) is 26.8 Å². The summed E-state index contributed by atoms with van der Waals surface area (Å²) in [6, 6.07) is 5.12. The Morgan fingerprint density at radius 2 is 2.16 bits per heavy atom. The predicted octanol–water partition coefficient (Wildman–Crippen LogP) is 3.84. The molecule has 0 fully saturated rings. The highest BCUT2D eigenvalue weighted by Gasteiger charge is 2.13. The van der Waals surface area contributed by atoms with Crippen LogP contribution in [0.3, 0.4) is 0 Å². The molecule has 0 amide bonds. The number of anilines is 1. The van der Waals surface area contributed by atoms with Gasteiger partial charge in [-0.1, -0.05) is 0 Å². The van der Waals surface area contributed by atoms with Crippen LogP contribution in [0.25, 0.3) is 0 Å². The average molecular weight is 277 g/mol. The first-order valence-corrected chi connectivity index (χ1v) is 6.73. The van der Waals surface area contributed by atoms with Crippen LogP contribution in [-0.4, -0.2) is 9.91 Å². The minimum atomic E-state index is -0.368. The Morgan fingerprint density at radius 3 is 2.68 bits per heavy atom. The highest BCUT2D eigenvalue weighted by atomic mass is 32.1. The van der Waals surface area contributed by atoms with Crippen LogP contribution in [-0.2, 0) is 0 Å². The van der Waals surface area contributed by atoms with Crippen molar-refractivity contribution >= 4 is 22.7 Å². The molecule has 6 heteroatoms. The Labute approximate surface area is 115 Å². The standard InChI is InChI=1S/C13H15N3O2S/c1-8-6-11(4-5-12(8)16(17)18)15-10(3)13-14-7-9(2)19-13/h4-7,10,15H,1-3H3. The highest BCUT2D eigenvalue weighted by Crippen LogP contribution is 2.26. The van der Waals surface area contributed by atoms with Gasteiger partial charge >= 0.3 is 0 Å². The molecule has 1 N–H and O–H groups in total. The molecule has 100 valence electrons. The van der Waals surface area contributed by atoms with Crippen molar-refractivity contribution in [1.29, 1.82) is 0 Å². The van der Waals surface area contributed by atoms with Crippen LogP contribution >= 0.6 is 11.3 Å². The largest absolute Gasteiger partial charge is 0.376 e. The van der Waals surface area contributed by atoms with E-state index in [1.165, 1.54) is 10.9 Å². The SMILES string of the molecule is Cc1cnc(C(C)Nc2ccc([N+](=O)[O-])c(C)c2)s1. The number of rotatable bonds is 4. The number of thiazole rings is 1. The molecule has 2 aromatic rings. The Bertz CT molecular complexity index is 610. The Morgan fingerprint density at radius 1 is 1.42 bits per heavy atom. The van der Waals surface area contributed by atoms with E-state index in [1.54, 1.807) is 30.4 Å². The number of hydrogen-bond acceptors (Lipinski definition) is 5. The van der Waals surface area contributed by atoms with Gasteiger partial charge in [-0.2, -0.15) is 0 Å². The van der Waals surface area contributed by atoms with E-state index in [0.29, 0.717) is 5.56 Å². The number of nitrogens with zero attached hydrogens (tertiary/aromatic N) is 2. The molecule has 0 aliphatic heterocycles. The molecule has 1 aromatic heterocycles. The maximum atomic E-state index is 10.8. The van der Waals surface area contributed by atoms with E-state index in [1.807, 2.05) is 20.0 Å². The fourth-order valence-corrected chi connectivity index (χ4v) is 2.61. The van der Waals surface area contributed by atoms with Crippen LogP contribution < -0.4 is 5.32 Å². The fourth-order valence-electron chi connectivity index (χ4n) is 1.83. The van der Waals surface area contributed by atoms with Crippen LogP contribution in [0.1, 0.15) is 28.4 Å². The summed E-state index contributed by atoms with van der Waals surface area (Å²) in [5.41, 5.74) is 1.66. The first-order chi connectivity index (χ1) is 8.97. The molecular weight excluding hydrogens is 262 g/mol. The van der Waals surface area contributed by atoms with E-state index in [4.69, 9.17) is 0 Å². The van der Waals surface area contributed by atoms with Crippen molar-refractivity contribution in [3.8, 4) is 0 Å². The summed E-state index contributed by atoms with van der Waals surface area (Å²) >= 11 is 1.65. The van der Waals surface area contributed by atoms with Crippen molar-refractivity contribution in [1.82, 2.24) is 4.98 Å². The summed E-state index contributed by atoms with van der Waals surface area (Å²) in [6.45, 7) is 5.78. The molecule has 2 rings (SSSR count). The molecule has 5 nitrogen and oxygen atoms in total. The first kappa shape index (κ1) is 13.5. The lowest BCUT2D eigenvalue weighted by Crippen LogP contribution is -2.06. The summed E-state index contributed by atoms with van der Waals surface area (Å²) in [6.07, 6.45) is 1.85. The van der Waals surface area contributed by atoms with Gasteiger partial charge in [0.05, 0.1) is 11.0 Å². The Kier molecular flexibility index (Phi) is 3.80. The molecule has 0 aliphatic carbocycles. The summed E-state index contributed by atoms with van der Waals surface area (Å²) in [7, 11) is 0. The molecule has 19 heavy (non-hydrogen) atoms. The van der Waals surface area contributed by atoms with Gasteiger partial charge < -0.3 is 5.32 Å². The lowest BCUT2D eigenvalue weighted by atomic mass is 10.1. The normalized spacial score (nSPS) is 12.2. The monoisotopic (exact) mass is 277 g/mol. The molecular formula is C13H15N3O2S. The molecule has 0 spiro atoms. The number of aromatic nitrogens is 1. The van der Waals surface area contributed by atoms with Gasteiger partial charge in [0.2, 0.25) is 0 Å². The zero-order valence-corrected chi connectivity index (χ0v) is 11.8. The molecule has 0 saturated carbocycles. The second-order valence-electron chi connectivity index (χ2n) is 4.43. The first-order valence-electron chi connectivity index (χ1n) is 5.91. The van der Waals surface area contributed by atoms with Crippen molar-refractivity contribution in [2.75, 3.05) is 5.32 Å². The van der Waals surface area contributed by atoms with Gasteiger partial charge in [-0.15, -0.1) is 11.3 Å². The van der Waals surface area contributed by atoms with E-state index in [-0.39, 0.29) is 16.7 Å². The molecule has 0 saturated heterocycles. The van der Waals surface area contributed by atoms with Crippen LogP contribution in [0.5, 0.6) is 0 Å². The number of benzene rings is 1. The van der Waals surface area contributed by atoms with Crippen molar-refractivity contribution in [2.24, 2.45) is 0 Å². The minimum Gasteiger partial charge on any atom is -0.376 e. The molecule has 1 aromatic carbocycles. The van der Waals surface area contributed by atoms with Crippen LogP contribution in [0.15, 0.2) is 24.4 Å². The second kappa shape index (κ2) is 5.36. The zero-order chi connectivity index (χ0) is 14.0. The molecule has 0 radical (unpaired) electrons. The average Bonchev–Trinajstić information content (AvgIpc) is 2.75. The van der Waals surface area contributed by atoms with E-state index in [2.05, 4.69) is 10.3 Å².